The van der Waals surface area contributed by atoms with E-state index in [2.05, 4.69) is 5.32 Å². The summed E-state index contributed by atoms with van der Waals surface area (Å²) in [5, 5.41) is 11.8. The van der Waals surface area contributed by atoms with E-state index in [-0.39, 0.29) is 11.9 Å². The van der Waals surface area contributed by atoms with Crippen molar-refractivity contribution in [2.45, 2.75) is 24.9 Å². The number of carbonyl (C=O) groups is 3. The molecular formula is C12H19N3O4S. The highest BCUT2D eigenvalue weighted by Crippen LogP contribution is 2.23. The molecule has 0 spiro atoms. The SMILES string of the molecule is CNC(=O)C1CCCN1C(=O)N1CCSCC1C(=O)O. The van der Waals surface area contributed by atoms with Gasteiger partial charge in [-0.2, -0.15) is 11.8 Å². The number of urea groups is 1. The molecule has 2 saturated heterocycles. The molecule has 2 heterocycles. The summed E-state index contributed by atoms with van der Waals surface area (Å²) in [6.07, 6.45) is 1.40. The van der Waals surface area contributed by atoms with Crippen LogP contribution in [0.1, 0.15) is 12.8 Å². The minimum atomic E-state index is -0.985. The number of hydrogen-bond acceptors (Lipinski definition) is 4. The zero-order valence-corrected chi connectivity index (χ0v) is 12.2. The van der Waals surface area contributed by atoms with Crippen molar-refractivity contribution in [3.63, 3.8) is 0 Å². The maximum Gasteiger partial charge on any atom is 0.327 e. The van der Waals surface area contributed by atoms with E-state index < -0.39 is 18.1 Å². The molecule has 2 N–H and O–H groups in total. The Morgan fingerprint density at radius 1 is 1.20 bits per heavy atom. The smallest absolute Gasteiger partial charge is 0.327 e. The van der Waals surface area contributed by atoms with Gasteiger partial charge in [0.05, 0.1) is 0 Å². The number of hydrogen-bond donors (Lipinski definition) is 2. The molecule has 0 aromatic rings. The third-order valence-corrected chi connectivity index (χ3v) is 4.73. The van der Waals surface area contributed by atoms with Gasteiger partial charge in [0.15, 0.2) is 0 Å². The predicted octanol–water partition coefficient (Wildman–Crippen LogP) is -0.181. The molecule has 2 aliphatic rings. The van der Waals surface area contributed by atoms with Gasteiger partial charge in [-0.05, 0) is 12.8 Å². The molecule has 2 fully saturated rings. The van der Waals surface area contributed by atoms with E-state index in [0.717, 1.165) is 12.2 Å². The van der Waals surface area contributed by atoms with Gasteiger partial charge in [0, 0.05) is 31.6 Å². The summed E-state index contributed by atoms with van der Waals surface area (Å²) < 4.78 is 0. The Bertz CT molecular complexity index is 418. The molecule has 2 atom stereocenters. The fourth-order valence-corrected chi connectivity index (χ4v) is 3.68. The summed E-state index contributed by atoms with van der Waals surface area (Å²) in [5.74, 6) is -0.0385. The van der Waals surface area contributed by atoms with Gasteiger partial charge in [-0.15, -0.1) is 0 Å². The minimum absolute atomic E-state index is 0.186. The second kappa shape index (κ2) is 6.34. The number of carboxylic acid groups (broad SMARTS) is 1. The summed E-state index contributed by atoms with van der Waals surface area (Å²) >= 11 is 1.53. The summed E-state index contributed by atoms with van der Waals surface area (Å²) in [6, 6.07) is -1.60. The second-order valence-electron chi connectivity index (χ2n) is 4.87. The largest absolute Gasteiger partial charge is 0.480 e. The Morgan fingerprint density at radius 3 is 2.55 bits per heavy atom. The molecular weight excluding hydrogens is 282 g/mol. The lowest BCUT2D eigenvalue weighted by atomic mass is 10.2. The van der Waals surface area contributed by atoms with Gasteiger partial charge in [0.2, 0.25) is 5.91 Å². The Labute approximate surface area is 121 Å². The van der Waals surface area contributed by atoms with Crippen LogP contribution in [0.15, 0.2) is 0 Å². The van der Waals surface area contributed by atoms with Crippen molar-refractivity contribution in [1.29, 1.82) is 0 Å². The van der Waals surface area contributed by atoms with Gasteiger partial charge in [-0.25, -0.2) is 9.59 Å². The number of thioether (sulfide) groups is 1. The molecule has 0 aromatic heterocycles. The van der Waals surface area contributed by atoms with Gasteiger partial charge in [0.25, 0.3) is 0 Å². The van der Waals surface area contributed by atoms with Gasteiger partial charge in [-0.1, -0.05) is 0 Å². The molecule has 8 heteroatoms. The Morgan fingerprint density at radius 2 is 1.90 bits per heavy atom. The fourth-order valence-electron chi connectivity index (χ4n) is 2.64. The lowest BCUT2D eigenvalue weighted by Gasteiger charge is -2.36. The van der Waals surface area contributed by atoms with E-state index >= 15 is 0 Å². The lowest BCUT2D eigenvalue weighted by Crippen LogP contribution is -2.57. The molecule has 2 aliphatic heterocycles. The van der Waals surface area contributed by atoms with E-state index in [9.17, 15) is 19.5 Å². The summed E-state index contributed by atoms with van der Waals surface area (Å²) in [7, 11) is 1.54. The summed E-state index contributed by atoms with van der Waals surface area (Å²) in [4.78, 5) is 38.5. The van der Waals surface area contributed by atoms with Crippen LogP contribution in [0.4, 0.5) is 4.79 Å². The number of amides is 3. The molecule has 3 amide bonds. The first-order valence-corrected chi connectivity index (χ1v) is 7.81. The standard InChI is InChI=1S/C12H19N3O4S/c1-13-10(16)8-3-2-4-14(8)12(19)15-5-6-20-7-9(15)11(17)18/h8-9H,2-7H2,1H3,(H,13,16)(H,17,18). The van der Waals surface area contributed by atoms with E-state index in [0.29, 0.717) is 25.3 Å². The first kappa shape index (κ1) is 15.0. The van der Waals surface area contributed by atoms with Crippen LogP contribution < -0.4 is 5.32 Å². The molecule has 0 bridgehead atoms. The topological polar surface area (TPSA) is 90.0 Å². The number of carboxylic acids is 1. The van der Waals surface area contributed by atoms with Crippen LogP contribution in [0.2, 0.25) is 0 Å². The van der Waals surface area contributed by atoms with Crippen molar-refractivity contribution in [2.24, 2.45) is 0 Å². The first-order valence-electron chi connectivity index (χ1n) is 6.65. The van der Waals surface area contributed by atoms with Crippen LogP contribution >= 0.6 is 11.8 Å². The molecule has 2 rings (SSSR count). The van der Waals surface area contributed by atoms with Crippen LogP contribution in [0.5, 0.6) is 0 Å². The van der Waals surface area contributed by atoms with Crippen LogP contribution in [-0.2, 0) is 9.59 Å². The number of carbonyl (C=O) groups excluding carboxylic acids is 2. The average Bonchev–Trinajstić information content (AvgIpc) is 2.95. The molecule has 0 aliphatic carbocycles. The molecule has 112 valence electrons. The van der Waals surface area contributed by atoms with Gasteiger partial charge < -0.3 is 20.2 Å². The third-order valence-electron chi connectivity index (χ3n) is 3.71. The minimum Gasteiger partial charge on any atom is -0.480 e. The molecule has 20 heavy (non-hydrogen) atoms. The van der Waals surface area contributed by atoms with Crippen LogP contribution in [0, 0.1) is 0 Å². The number of likely N-dealkylation sites (tertiary alicyclic amines) is 1. The lowest BCUT2D eigenvalue weighted by molar-refractivity contribution is -0.141. The number of nitrogens with one attached hydrogen (secondary N) is 1. The number of likely N-dealkylation sites (N-methyl/N-ethyl adjacent to an activating group) is 1. The van der Waals surface area contributed by atoms with E-state index in [1.807, 2.05) is 0 Å². The van der Waals surface area contributed by atoms with Gasteiger partial charge >= 0.3 is 12.0 Å². The van der Waals surface area contributed by atoms with E-state index in [1.54, 1.807) is 7.05 Å². The van der Waals surface area contributed by atoms with Crippen molar-refractivity contribution in [3.05, 3.63) is 0 Å². The molecule has 0 saturated carbocycles. The van der Waals surface area contributed by atoms with Crippen molar-refractivity contribution in [1.82, 2.24) is 15.1 Å². The zero-order chi connectivity index (χ0) is 14.7. The van der Waals surface area contributed by atoms with E-state index in [4.69, 9.17) is 0 Å². The van der Waals surface area contributed by atoms with Crippen molar-refractivity contribution in [2.75, 3.05) is 31.6 Å². The number of rotatable bonds is 2. The molecule has 0 radical (unpaired) electrons. The van der Waals surface area contributed by atoms with Crippen LogP contribution in [0.3, 0.4) is 0 Å². The Kier molecular flexibility index (Phi) is 4.74. The summed E-state index contributed by atoms with van der Waals surface area (Å²) in [5.41, 5.74) is 0. The van der Waals surface area contributed by atoms with Crippen molar-refractivity contribution < 1.29 is 19.5 Å². The quantitative estimate of drug-likeness (QED) is 0.738. The maximum absolute atomic E-state index is 12.5. The zero-order valence-electron chi connectivity index (χ0n) is 11.4. The normalized spacial score (nSPS) is 26.4. The highest BCUT2D eigenvalue weighted by atomic mass is 32.2. The van der Waals surface area contributed by atoms with Gasteiger partial charge in [0.1, 0.15) is 12.1 Å². The number of nitrogens with zero attached hydrogens (tertiary/aromatic N) is 2. The van der Waals surface area contributed by atoms with E-state index in [1.165, 1.54) is 21.6 Å². The van der Waals surface area contributed by atoms with Crippen LogP contribution in [0.25, 0.3) is 0 Å². The average molecular weight is 301 g/mol. The van der Waals surface area contributed by atoms with Gasteiger partial charge in [-0.3, -0.25) is 4.79 Å². The highest BCUT2D eigenvalue weighted by Gasteiger charge is 2.40. The fraction of sp³-hybridized carbons (Fsp3) is 0.750. The second-order valence-corrected chi connectivity index (χ2v) is 6.02. The Hall–Kier alpha value is -1.44. The molecule has 2 unspecified atom stereocenters. The maximum atomic E-state index is 12.5. The van der Waals surface area contributed by atoms with Crippen molar-refractivity contribution >= 4 is 29.7 Å². The highest BCUT2D eigenvalue weighted by molar-refractivity contribution is 7.99. The summed E-state index contributed by atoms with van der Waals surface area (Å²) in [6.45, 7) is 0.921. The predicted molar refractivity (Wildman–Crippen MR) is 74.6 cm³/mol. The third kappa shape index (κ3) is 2.84. The monoisotopic (exact) mass is 301 g/mol. The van der Waals surface area contributed by atoms with Crippen LogP contribution in [-0.4, -0.2) is 76.5 Å². The molecule has 0 aromatic carbocycles. The molecule has 7 nitrogen and oxygen atoms in total. The Balaban J connectivity index is 2.12. The number of aliphatic carboxylic acids is 1. The first-order chi connectivity index (χ1) is 9.56. The van der Waals surface area contributed by atoms with Crippen molar-refractivity contribution in [3.8, 4) is 0 Å².